The molecule has 0 aromatic rings. The molecule has 0 aliphatic carbocycles. The van der Waals surface area contributed by atoms with E-state index in [1.165, 1.54) is 25.7 Å². The van der Waals surface area contributed by atoms with Crippen molar-refractivity contribution in [2.24, 2.45) is 5.41 Å². The first kappa shape index (κ1) is 10.1. The Labute approximate surface area is 70.0 Å². The first-order valence-corrected chi connectivity index (χ1v) is 4.62. The van der Waals surface area contributed by atoms with E-state index in [4.69, 9.17) is 12.2 Å². The van der Waals surface area contributed by atoms with Crippen molar-refractivity contribution in [1.82, 2.24) is 0 Å². The summed E-state index contributed by atoms with van der Waals surface area (Å²) in [4.78, 5) is 0. The second kappa shape index (κ2) is 4.84. The molecule has 10 heavy (non-hydrogen) atoms. The highest BCUT2D eigenvalue weighted by atomic mass is 32.1. The number of thiocarbonyl (C=S) groups is 1. The predicted molar refractivity (Wildman–Crippen MR) is 51.6 cm³/mol. The van der Waals surface area contributed by atoms with E-state index in [1.54, 1.807) is 0 Å². The van der Waals surface area contributed by atoms with Crippen LogP contribution in [0.1, 0.15) is 46.5 Å². The Bertz CT molecular complexity index is 98.9. The van der Waals surface area contributed by atoms with Gasteiger partial charge in [-0.2, -0.15) is 0 Å². The lowest BCUT2D eigenvalue weighted by atomic mass is 9.85. The number of hydrogen-bond donors (Lipinski definition) is 0. The standard InChI is InChI=1S/C9H18S/c1-4-6-7-9(3,5-2)8-10/h8H,4-7H2,1-3H3. The van der Waals surface area contributed by atoms with Gasteiger partial charge in [0.1, 0.15) is 0 Å². The molecule has 0 saturated heterocycles. The second-order valence-electron chi connectivity index (χ2n) is 3.23. The Balaban J connectivity index is 3.68. The van der Waals surface area contributed by atoms with Gasteiger partial charge in [-0.3, -0.25) is 0 Å². The normalized spacial score (nSPS) is 16.3. The van der Waals surface area contributed by atoms with Crippen LogP contribution in [0.15, 0.2) is 0 Å². The number of unbranched alkanes of at least 4 members (excludes halogenated alkanes) is 1. The summed E-state index contributed by atoms with van der Waals surface area (Å²) in [6, 6.07) is 0. The summed E-state index contributed by atoms with van der Waals surface area (Å²) >= 11 is 4.97. The maximum atomic E-state index is 4.97. The highest BCUT2D eigenvalue weighted by molar-refractivity contribution is 7.79. The molecule has 0 fully saturated rings. The summed E-state index contributed by atoms with van der Waals surface area (Å²) in [6.07, 6.45) is 5.01. The van der Waals surface area contributed by atoms with Gasteiger partial charge in [-0.25, -0.2) is 0 Å². The van der Waals surface area contributed by atoms with Crippen LogP contribution < -0.4 is 0 Å². The second-order valence-corrected chi connectivity index (χ2v) is 3.46. The van der Waals surface area contributed by atoms with E-state index in [9.17, 15) is 0 Å². The van der Waals surface area contributed by atoms with Crippen LogP contribution in [0.5, 0.6) is 0 Å². The van der Waals surface area contributed by atoms with Crippen molar-refractivity contribution in [3.8, 4) is 0 Å². The van der Waals surface area contributed by atoms with E-state index in [0.717, 1.165) is 0 Å². The van der Waals surface area contributed by atoms with Gasteiger partial charge in [0.15, 0.2) is 0 Å². The molecule has 60 valence electrons. The molecule has 0 aliphatic heterocycles. The zero-order valence-corrected chi connectivity index (χ0v) is 8.13. The van der Waals surface area contributed by atoms with Crippen LogP contribution in [0, 0.1) is 5.41 Å². The van der Waals surface area contributed by atoms with Crippen molar-refractivity contribution in [2.75, 3.05) is 0 Å². The topological polar surface area (TPSA) is 0 Å². The average molecular weight is 158 g/mol. The maximum absolute atomic E-state index is 4.97. The first-order valence-electron chi connectivity index (χ1n) is 4.15. The fourth-order valence-electron chi connectivity index (χ4n) is 0.900. The van der Waals surface area contributed by atoms with Crippen LogP contribution in [-0.2, 0) is 0 Å². The average Bonchev–Trinajstić information content (AvgIpc) is 2.00. The fourth-order valence-corrected chi connectivity index (χ4v) is 1.18. The van der Waals surface area contributed by atoms with E-state index in [1.807, 2.05) is 5.37 Å². The third kappa shape index (κ3) is 3.31. The Morgan fingerprint density at radius 1 is 1.40 bits per heavy atom. The summed E-state index contributed by atoms with van der Waals surface area (Å²) in [5.41, 5.74) is 0.325. The Morgan fingerprint density at radius 2 is 2.00 bits per heavy atom. The first-order chi connectivity index (χ1) is 4.68. The highest BCUT2D eigenvalue weighted by Gasteiger charge is 2.16. The molecule has 0 nitrogen and oxygen atoms in total. The van der Waals surface area contributed by atoms with Crippen LogP contribution in [0.2, 0.25) is 0 Å². The molecule has 1 unspecified atom stereocenters. The molecule has 1 atom stereocenters. The molecule has 0 aliphatic rings. The van der Waals surface area contributed by atoms with Crippen molar-refractivity contribution in [1.29, 1.82) is 0 Å². The van der Waals surface area contributed by atoms with Crippen LogP contribution in [-0.4, -0.2) is 5.37 Å². The van der Waals surface area contributed by atoms with Crippen LogP contribution in [0.4, 0.5) is 0 Å². The predicted octanol–water partition coefficient (Wildman–Crippen LogP) is 3.59. The van der Waals surface area contributed by atoms with E-state index in [-0.39, 0.29) is 0 Å². The molecule has 0 rings (SSSR count). The summed E-state index contributed by atoms with van der Waals surface area (Å²) in [5.74, 6) is 0. The minimum Gasteiger partial charge on any atom is -0.0929 e. The van der Waals surface area contributed by atoms with E-state index < -0.39 is 0 Å². The molecule has 1 heteroatoms. The zero-order valence-electron chi connectivity index (χ0n) is 7.31. The van der Waals surface area contributed by atoms with Gasteiger partial charge >= 0.3 is 0 Å². The van der Waals surface area contributed by atoms with E-state index >= 15 is 0 Å². The van der Waals surface area contributed by atoms with Gasteiger partial charge in [0, 0.05) is 0 Å². The molecular weight excluding hydrogens is 140 g/mol. The van der Waals surface area contributed by atoms with Gasteiger partial charge in [0.25, 0.3) is 0 Å². The molecule has 0 radical (unpaired) electrons. The maximum Gasteiger partial charge on any atom is -0.00445 e. The molecule has 0 bridgehead atoms. The SMILES string of the molecule is CCCCC(C)(C=S)CC. The number of rotatable bonds is 5. The van der Waals surface area contributed by atoms with Crippen molar-refractivity contribution < 1.29 is 0 Å². The van der Waals surface area contributed by atoms with Gasteiger partial charge in [0.05, 0.1) is 0 Å². The Hall–Kier alpha value is 0.0900. The molecule has 0 N–H and O–H groups in total. The lowest BCUT2D eigenvalue weighted by Gasteiger charge is -2.21. The fraction of sp³-hybridized carbons (Fsp3) is 0.889. The molecule has 0 aromatic carbocycles. The van der Waals surface area contributed by atoms with Crippen LogP contribution >= 0.6 is 12.2 Å². The largest absolute Gasteiger partial charge is 0.0929 e. The summed E-state index contributed by atoms with van der Waals surface area (Å²) < 4.78 is 0. The van der Waals surface area contributed by atoms with E-state index in [0.29, 0.717) is 5.41 Å². The molecule has 0 aromatic heterocycles. The molecule has 0 heterocycles. The highest BCUT2D eigenvalue weighted by Crippen LogP contribution is 2.25. The van der Waals surface area contributed by atoms with Gasteiger partial charge in [0.2, 0.25) is 0 Å². The summed E-state index contributed by atoms with van der Waals surface area (Å²) in [7, 11) is 0. The monoisotopic (exact) mass is 158 g/mol. The van der Waals surface area contributed by atoms with Gasteiger partial charge in [-0.05, 0) is 23.6 Å². The lowest BCUT2D eigenvalue weighted by Crippen LogP contribution is -2.15. The molecule has 0 spiro atoms. The van der Waals surface area contributed by atoms with Crippen molar-refractivity contribution in [3.05, 3.63) is 0 Å². The van der Waals surface area contributed by atoms with Crippen molar-refractivity contribution >= 4 is 17.6 Å². The van der Waals surface area contributed by atoms with Crippen LogP contribution in [0.25, 0.3) is 0 Å². The third-order valence-corrected chi connectivity index (χ3v) is 2.76. The van der Waals surface area contributed by atoms with Crippen LogP contribution in [0.3, 0.4) is 0 Å². The molecule has 0 saturated carbocycles. The minimum atomic E-state index is 0.325. The van der Waals surface area contributed by atoms with Gasteiger partial charge in [-0.1, -0.05) is 45.8 Å². The minimum absolute atomic E-state index is 0.325. The summed E-state index contributed by atoms with van der Waals surface area (Å²) in [6.45, 7) is 6.67. The third-order valence-electron chi connectivity index (χ3n) is 2.19. The smallest absolute Gasteiger partial charge is 0.00445 e. The van der Waals surface area contributed by atoms with Gasteiger partial charge < -0.3 is 0 Å². The molecular formula is C9H18S. The lowest BCUT2D eigenvalue weighted by molar-refractivity contribution is 0.411. The Morgan fingerprint density at radius 3 is 2.30 bits per heavy atom. The number of hydrogen-bond acceptors (Lipinski definition) is 1. The molecule has 0 amide bonds. The Kier molecular flexibility index (Phi) is 4.88. The quantitative estimate of drug-likeness (QED) is 0.551. The van der Waals surface area contributed by atoms with E-state index in [2.05, 4.69) is 20.8 Å². The zero-order chi connectivity index (χ0) is 8.04. The van der Waals surface area contributed by atoms with Gasteiger partial charge in [-0.15, -0.1) is 0 Å². The summed E-state index contributed by atoms with van der Waals surface area (Å²) in [5, 5.41) is 1.93. The van der Waals surface area contributed by atoms with Crippen molar-refractivity contribution in [2.45, 2.75) is 46.5 Å². The van der Waals surface area contributed by atoms with Crippen molar-refractivity contribution in [3.63, 3.8) is 0 Å².